The molecule has 0 amide bonds. The molecule has 0 spiro atoms. The molecule has 0 aliphatic carbocycles. The second kappa shape index (κ2) is 7.84. The van der Waals surface area contributed by atoms with E-state index in [-0.39, 0.29) is 17.2 Å². The molecule has 0 atom stereocenters. The molecule has 168 valence electrons. The fraction of sp³-hybridized carbons (Fsp3) is 0.292. The zero-order valence-corrected chi connectivity index (χ0v) is 19.0. The molecule has 5 rings (SSSR count). The van der Waals surface area contributed by atoms with Crippen LogP contribution < -0.4 is 11.2 Å². The van der Waals surface area contributed by atoms with Crippen molar-refractivity contribution < 1.29 is 0 Å². The summed E-state index contributed by atoms with van der Waals surface area (Å²) in [6.45, 7) is 6.81. The largest absolute Gasteiger partial charge is 0.343 e. The number of H-pyrrole nitrogens is 1. The maximum absolute atomic E-state index is 13.3. The first-order chi connectivity index (χ1) is 15.9. The van der Waals surface area contributed by atoms with E-state index in [2.05, 4.69) is 15.0 Å². The minimum atomic E-state index is -0.371. The van der Waals surface area contributed by atoms with E-state index in [1.165, 1.54) is 7.05 Å². The average molecular weight is 444 g/mol. The third-order valence-electron chi connectivity index (χ3n) is 5.90. The highest BCUT2D eigenvalue weighted by molar-refractivity contribution is 5.90. The molecule has 5 aromatic rings. The molecule has 0 aliphatic rings. The van der Waals surface area contributed by atoms with Crippen LogP contribution in [0.2, 0.25) is 0 Å². The first-order valence-electron chi connectivity index (χ1n) is 10.9. The minimum absolute atomic E-state index is 0.204. The van der Waals surface area contributed by atoms with Gasteiger partial charge >= 0.3 is 5.69 Å². The van der Waals surface area contributed by atoms with Crippen molar-refractivity contribution in [1.82, 2.24) is 33.9 Å². The van der Waals surface area contributed by atoms with Crippen LogP contribution in [0.5, 0.6) is 0 Å². The van der Waals surface area contributed by atoms with Crippen molar-refractivity contribution in [3.8, 4) is 11.4 Å². The molecule has 9 heteroatoms. The molecule has 0 fully saturated rings. The molecule has 0 saturated carbocycles. The van der Waals surface area contributed by atoms with Gasteiger partial charge in [-0.05, 0) is 30.5 Å². The van der Waals surface area contributed by atoms with Crippen LogP contribution in [-0.2, 0) is 20.1 Å². The fourth-order valence-electron chi connectivity index (χ4n) is 4.32. The van der Waals surface area contributed by atoms with Gasteiger partial charge in [-0.25, -0.2) is 9.78 Å². The van der Waals surface area contributed by atoms with E-state index < -0.39 is 0 Å². The first kappa shape index (κ1) is 20.9. The summed E-state index contributed by atoms with van der Waals surface area (Å²) in [5.41, 5.74) is 3.64. The second-order valence-electron chi connectivity index (χ2n) is 8.71. The monoisotopic (exact) mass is 443 g/mol. The molecule has 0 radical (unpaired) electrons. The van der Waals surface area contributed by atoms with Crippen molar-refractivity contribution in [2.45, 2.75) is 33.9 Å². The number of rotatable bonds is 5. The number of aromatic amines is 1. The van der Waals surface area contributed by atoms with Crippen molar-refractivity contribution in [1.29, 1.82) is 0 Å². The van der Waals surface area contributed by atoms with Crippen LogP contribution in [0.1, 0.15) is 25.1 Å². The molecule has 4 heterocycles. The quantitative estimate of drug-likeness (QED) is 0.450. The zero-order valence-electron chi connectivity index (χ0n) is 19.0. The third kappa shape index (κ3) is 3.36. The number of nitrogens with one attached hydrogen (secondary N) is 1. The molecular weight excluding hydrogens is 418 g/mol. The number of para-hydroxylation sites is 1. The van der Waals surface area contributed by atoms with E-state index >= 15 is 0 Å². The number of aromatic nitrogens is 7. The molecular formula is C24H25N7O2. The maximum atomic E-state index is 13.3. The van der Waals surface area contributed by atoms with Gasteiger partial charge in [0.15, 0.2) is 5.65 Å². The van der Waals surface area contributed by atoms with Gasteiger partial charge in [-0.3, -0.25) is 23.6 Å². The Balaban J connectivity index is 1.85. The van der Waals surface area contributed by atoms with Gasteiger partial charge in [-0.1, -0.05) is 32.0 Å². The first-order valence-corrected chi connectivity index (χ1v) is 10.9. The summed E-state index contributed by atoms with van der Waals surface area (Å²) in [4.78, 5) is 38.3. The molecule has 0 aliphatic heterocycles. The van der Waals surface area contributed by atoms with Crippen LogP contribution in [0.3, 0.4) is 0 Å². The summed E-state index contributed by atoms with van der Waals surface area (Å²) in [7, 11) is 1.51. The van der Waals surface area contributed by atoms with Crippen molar-refractivity contribution in [2.75, 3.05) is 0 Å². The third-order valence-corrected chi connectivity index (χ3v) is 5.90. The van der Waals surface area contributed by atoms with Gasteiger partial charge in [0, 0.05) is 25.2 Å². The van der Waals surface area contributed by atoms with Gasteiger partial charge in [-0.2, -0.15) is 5.10 Å². The van der Waals surface area contributed by atoms with Gasteiger partial charge in [0.1, 0.15) is 11.1 Å². The minimum Gasteiger partial charge on any atom is -0.343 e. The Bertz CT molecular complexity index is 1610. The van der Waals surface area contributed by atoms with Crippen molar-refractivity contribution in [2.24, 2.45) is 13.0 Å². The predicted octanol–water partition coefficient (Wildman–Crippen LogP) is 2.85. The Labute approximate surface area is 189 Å². The number of benzene rings is 1. The molecule has 9 nitrogen and oxygen atoms in total. The van der Waals surface area contributed by atoms with E-state index in [1.54, 1.807) is 21.8 Å². The van der Waals surface area contributed by atoms with Gasteiger partial charge in [0.25, 0.3) is 5.56 Å². The second-order valence-corrected chi connectivity index (χ2v) is 8.71. The van der Waals surface area contributed by atoms with E-state index in [4.69, 9.17) is 5.10 Å². The SMILES string of the molecule is Cc1nc[nH]c1-c1c2c(=O)n(C)c(=O)n(CC(C)C)c2nn1Cc1ccnc2ccccc12. The lowest BCUT2D eigenvalue weighted by Gasteiger charge is -2.10. The van der Waals surface area contributed by atoms with E-state index in [0.29, 0.717) is 35.5 Å². The number of hydrogen-bond donors (Lipinski definition) is 1. The predicted molar refractivity (Wildman–Crippen MR) is 127 cm³/mol. The van der Waals surface area contributed by atoms with E-state index in [0.717, 1.165) is 26.7 Å². The Hall–Kier alpha value is -4.01. The Kier molecular flexibility index (Phi) is 4.96. The summed E-state index contributed by atoms with van der Waals surface area (Å²) < 4.78 is 4.55. The molecule has 0 saturated heterocycles. The van der Waals surface area contributed by atoms with Gasteiger partial charge in [0.05, 0.1) is 29.8 Å². The van der Waals surface area contributed by atoms with Crippen LogP contribution in [-0.4, -0.2) is 33.9 Å². The molecule has 4 aromatic heterocycles. The lowest BCUT2D eigenvalue weighted by atomic mass is 10.1. The topological polar surface area (TPSA) is 103 Å². The van der Waals surface area contributed by atoms with Crippen molar-refractivity contribution >= 4 is 21.9 Å². The smallest absolute Gasteiger partial charge is 0.332 e. The Morgan fingerprint density at radius 3 is 2.61 bits per heavy atom. The Morgan fingerprint density at radius 1 is 1.09 bits per heavy atom. The molecule has 1 N–H and O–H groups in total. The summed E-state index contributed by atoms with van der Waals surface area (Å²) >= 11 is 0. The van der Waals surface area contributed by atoms with Crippen molar-refractivity contribution in [3.63, 3.8) is 0 Å². The van der Waals surface area contributed by atoms with Gasteiger partial charge in [0.2, 0.25) is 0 Å². The van der Waals surface area contributed by atoms with Crippen LogP contribution >= 0.6 is 0 Å². The standard InChI is InChI=1S/C24H25N7O2/c1-14(2)11-30-22-19(23(32)29(4)24(30)33)21(20-15(3)26-13-27-20)31(28-22)12-16-9-10-25-18-8-6-5-7-17(16)18/h5-10,13-14H,11-12H2,1-4H3,(H,26,27). The summed E-state index contributed by atoms with van der Waals surface area (Å²) in [5.74, 6) is 0.204. The summed E-state index contributed by atoms with van der Waals surface area (Å²) in [6, 6.07) is 9.87. The van der Waals surface area contributed by atoms with Crippen LogP contribution in [0.25, 0.3) is 33.3 Å². The van der Waals surface area contributed by atoms with E-state index in [1.807, 2.05) is 51.1 Å². The lowest BCUT2D eigenvalue weighted by Crippen LogP contribution is -2.38. The summed E-state index contributed by atoms with van der Waals surface area (Å²) in [5, 5.41) is 6.24. The van der Waals surface area contributed by atoms with Crippen molar-refractivity contribution in [3.05, 3.63) is 75.0 Å². The van der Waals surface area contributed by atoms with Crippen LogP contribution in [0.4, 0.5) is 0 Å². The number of fused-ring (bicyclic) bond motifs is 2. The van der Waals surface area contributed by atoms with Gasteiger partial charge in [-0.15, -0.1) is 0 Å². The fourth-order valence-corrected chi connectivity index (χ4v) is 4.32. The molecule has 33 heavy (non-hydrogen) atoms. The van der Waals surface area contributed by atoms with E-state index in [9.17, 15) is 9.59 Å². The normalized spacial score (nSPS) is 11.8. The van der Waals surface area contributed by atoms with Gasteiger partial charge < -0.3 is 4.98 Å². The lowest BCUT2D eigenvalue weighted by molar-refractivity contribution is 0.498. The highest BCUT2D eigenvalue weighted by Gasteiger charge is 2.24. The maximum Gasteiger partial charge on any atom is 0.332 e. The average Bonchev–Trinajstić information content (AvgIpc) is 3.38. The zero-order chi connectivity index (χ0) is 23.3. The van der Waals surface area contributed by atoms with Crippen LogP contribution in [0.15, 0.2) is 52.4 Å². The number of imidazole rings is 1. The van der Waals surface area contributed by atoms with Crippen LogP contribution in [0, 0.1) is 12.8 Å². The number of nitrogens with zero attached hydrogens (tertiary/aromatic N) is 6. The molecule has 0 unspecified atom stereocenters. The highest BCUT2D eigenvalue weighted by Crippen LogP contribution is 2.28. The molecule has 1 aromatic carbocycles. The summed E-state index contributed by atoms with van der Waals surface area (Å²) in [6.07, 6.45) is 3.38. The number of hydrogen-bond acceptors (Lipinski definition) is 5. The number of aryl methyl sites for hydroxylation is 1. The molecule has 0 bridgehead atoms. The number of pyridine rings is 1. The highest BCUT2D eigenvalue weighted by atomic mass is 16.2. The Morgan fingerprint density at radius 2 is 1.88 bits per heavy atom.